The van der Waals surface area contributed by atoms with Crippen molar-refractivity contribution < 1.29 is 9.53 Å². The van der Waals surface area contributed by atoms with Gasteiger partial charge in [-0.15, -0.1) is 0 Å². The number of amides is 1. The number of nitrogens with two attached hydrogens (primary N) is 1. The molecule has 1 aromatic rings. The molecule has 1 aliphatic rings. The fourth-order valence-electron chi connectivity index (χ4n) is 1.60. The molecule has 3 N–H and O–H groups in total. The molecule has 0 aromatic heterocycles. The number of benzene rings is 1. The van der Waals surface area contributed by atoms with Crippen molar-refractivity contribution in [3.8, 4) is 5.75 Å². The molecule has 1 aliphatic heterocycles. The van der Waals surface area contributed by atoms with Crippen LogP contribution >= 0.6 is 0 Å². The summed E-state index contributed by atoms with van der Waals surface area (Å²) in [4.78, 5) is 11.3. The summed E-state index contributed by atoms with van der Waals surface area (Å²) in [6.07, 6.45) is 0.568. The van der Waals surface area contributed by atoms with Crippen molar-refractivity contribution in [2.45, 2.75) is 12.5 Å². The van der Waals surface area contributed by atoms with Crippen LogP contribution in [-0.4, -0.2) is 19.1 Å². The standard InChI is InChI=1S/C10H12N2O2/c1-14-8-4-2-3-6-5-7(11)10(13)12-9(6)8/h2-4,7H,5,11H2,1H3,(H,12,13). The van der Waals surface area contributed by atoms with Crippen molar-refractivity contribution in [1.82, 2.24) is 0 Å². The van der Waals surface area contributed by atoms with Crippen molar-refractivity contribution >= 4 is 11.6 Å². The van der Waals surface area contributed by atoms with Crippen LogP contribution in [0, 0.1) is 0 Å². The maximum absolute atomic E-state index is 11.3. The molecule has 74 valence electrons. The average molecular weight is 192 g/mol. The van der Waals surface area contributed by atoms with E-state index in [1.165, 1.54) is 0 Å². The van der Waals surface area contributed by atoms with E-state index < -0.39 is 6.04 Å². The summed E-state index contributed by atoms with van der Waals surface area (Å²) in [5.74, 6) is 0.532. The van der Waals surface area contributed by atoms with Gasteiger partial charge in [-0.1, -0.05) is 12.1 Å². The summed E-state index contributed by atoms with van der Waals surface area (Å²) in [6, 6.07) is 5.20. The average Bonchev–Trinajstić information content (AvgIpc) is 2.19. The van der Waals surface area contributed by atoms with E-state index in [0.29, 0.717) is 12.2 Å². The Morgan fingerprint density at radius 2 is 2.36 bits per heavy atom. The monoisotopic (exact) mass is 192 g/mol. The number of fused-ring (bicyclic) bond motifs is 1. The van der Waals surface area contributed by atoms with Crippen molar-refractivity contribution in [3.05, 3.63) is 23.8 Å². The molecule has 1 unspecified atom stereocenters. The van der Waals surface area contributed by atoms with Crippen LogP contribution in [0.1, 0.15) is 5.56 Å². The molecular formula is C10H12N2O2. The highest BCUT2D eigenvalue weighted by Crippen LogP contribution is 2.31. The van der Waals surface area contributed by atoms with Gasteiger partial charge in [-0.05, 0) is 18.1 Å². The molecular weight excluding hydrogens is 180 g/mol. The molecule has 1 heterocycles. The number of carbonyl (C=O) groups excluding carboxylic acids is 1. The minimum absolute atomic E-state index is 0.151. The quantitative estimate of drug-likeness (QED) is 0.681. The first kappa shape index (κ1) is 9.02. The highest BCUT2D eigenvalue weighted by atomic mass is 16.5. The van der Waals surface area contributed by atoms with Gasteiger partial charge in [-0.3, -0.25) is 4.79 Å². The summed E-state index contributed by atoms with van der Waals surface area (Å²) >= 11 is 0. The van der Waals surface area contributed by atoms with Gasteiger partial charge >= 0.3 is 0 Å². The van der Waals surface area contributed by atoms with E-state index in [-0.39, 0.29) is 5.91 Å². The van der Waals surface area contributed by atoms with Gasteiger partial charge in [0.05, 0.1) is 18.8 Å². The number of anilines is 1. The molecule has 1 aromatic carbocycles. The second-order valence-corrected chi connectivity index (χ2v) is 3.29. The third-order valence-electron chi connectivity index (χ3n) is 2.36. The highest BCUT2D eigenvalue weighted by Gasteiger charge is 2.24. The number of para-hydroxylation sites is 1. The number of hydrogen-bond donors (Lipinski definition) is 2. The fraction of sp³-hybridized carbons (Fsp3) is 0.300. The van der Waals surface area contributed by atoms with E-state index in [1.54, 1.807) is 7.11 Å². The van der Waals surface area contributed by atoms with Crippen LogP contribution in [-0.2, 0) is 11.2 Å². The van der Waals surface area contributed by atoms with Crippen molar-refractivity contribution in [2.75, 3.05) is 12.4 Å². The first-order chi connectivity index (χ1) is 6.72. The molecule has 4 nitrogen and oxygen atoms in total. The number of methoxy groups -OCH3 is 1. The van der Waals surface area contributed by atoms with Crippen LogP contribution in [0.5, 0.6) is 5.75 Å². The number of nitrogens with one attached hydrogen (secondary N) is 1. The van der Waals surface area contributed by atoms with E-state index in [2.05, 4.69) is 5.32 Å². The predicted octanol–water partition coefficient (Wildman–Crippen LogP) is 0.517. The number of ether oxygens (including phenoxy) is 1. The molecule has 0 saturated heterocycles. The lowest BCUT2D eigenvalue weighted by Gasteiger charge is -2.23. The van der Waals surface area contributed by atoms with Crippen LogP contribution in [0.15, 0.2) is 18.2 Å². The molecule has 0 spiro atoms. The Bertz CT molecular complexity index is 376. The summed E-state index contributed by atoms with van der Waals surface area (Å²) < 4.78 is 5.14. The van der Waals surface area contributed by atoms with Gasteiger partial charge < -0.3 is 15.8 Å². The van der Waals surface area contributed by atoms with Crippen molar-refractivity contribution in [2.24, 2.45) is 5.73 Å². The Balaban J connectivity index is 2.46. The first-order valence-corrected chi connectivity index (χ1v) is 4.44. The Labute approximate surface area is 82.1 Å². The maximum Gasteiger partial charge on any atom is 0.241 e. The van der Waals surface area contributed by atoms with Gasteiger partial charge in [-0.25, -0.2) is 0 Å². The molecule has 1 amide bonds. The van der Waals surface area contributed by atoms with E-state index in [1.807, 2.05) is 18.2 Å². The van der Waals surface area contributed by atoms with Crippen LogP contribution in [0.25, 0.3) is 0 Å². The Kier molecular flexibility index (Phi) is 2.13. The topological polar surface area (TPSA) is 64.3 Å². The second kappa shape index (κ2) is 3.31. The maximum atomic E-state index is 11.3. The summed E-state index contributed by atoms with van der Waals surface area (Å²) in [7, 11) is 1.58. The summed E-state index contributed by atoms with van der Waals surface area (Å²) in [5.41, 5.74) is 7.41. The van der Waals surface area contributed by atoms with Gasteiger partial charge in [0.1, 0.15) is 5.75 Å². The van der Waals surface area contributed by atoms with Crippen LogP contribution in [0.3, 0.4) is 0 Å². The van der Waals surface area contributed by atoms with E-state index >= 15 is 0 Å². The third-order valence-corrected chi connectivity index (χ3v) is 2.36. The minimum Gasteiger partial charge on any atom is -0.495 e. The highest BCUT2D eigenvalue weighted by molar-refractivity contribution is 5.99. The summed E-state index contributed by atoms with van der Waals surface area (Å²) in [6.45, 7) is 0. The van der Waals surface area contributed by atoms with Crippen molar-refractivity contribution in [3.63, 3.8) is 0 Å². The zero-order valence-corrected chi connectivity index (χ0v) is 7.91. The SMILES string of the molecule is COc1cccc2c1NC(=O)C(N)C2. The van der Waals surface area contributed by atoms with E-state index in [0.717, 1.165) is 11.3 Å². The minimum atomic E-state index is -0.449. The zero-order chi connectivity index (χ0) is 10.1. The largest absolute Gasteiger partial charge is 0.495 e. The fourth-order valence-corrected chi connectivity index (χ4v) is 1.60. The van der Waals surface area contributed by atoms with Crippen LogP contribution in [0.2, 0.25) is 0 Å². The molecule has 14 heavy (non-hydrogen) atoms. The van der Waals surface area contributed by atoms with E-state index in [9.17, 15) is 4.79 Å². The van der Waals surface area contributed by atoms with Gasteiger partial charge in [0.25, 0.3) is 0 Å². The molecule has 1 atom stereocenters. The molecule has 0 bridgehead atoms. The molecule has 2 rings (SSSR count). The smallest absolute Gasteiger partial charge is 0.241 e. The van der Waals surface area contributed by atoms with Crippen LogP contribution < -0.4 is 15.8 Å². The van der Waals surface area contributed by atoms with Gasteiger partial charge in [0, 0.05) is 0 Å². The Morgan fingerprint density at radius 3 is 3.07 bits per heavy atom. The zero-order valence-electron chi connectivity index (χ0n) is 7.91. The lowest BCUT2D eigenvalue weighted by Crippen LogP contribution is -2.41. The number of carbonyl (C=O) groups is 1. The summed E-state index contributed by atoms with van der Waals surface area (Å²) in [5, 5.41) is 2.74. The second-order valence-electron chi connectivity index (χ2n) is 3.29. The molecule has 0 fully saturated rings. The normalized spacial score (nSPS) is 19.9. The van der Waals surface area contributed by atoms with Gasteiger partial charge in [-0.2, -0.15) is 0 Å². The van der Waals surface area contributed by atoms with Gasteiger partial charge in [0.2, 0.25) is 5.91 Å². The van der Waals surface area contributed by atoms with Crippen LogP contribution in [0.4, 0.5) is 5.69 Å². The third kappa shape index (κ3) is 1.33. The number of rotatable bonds is 1. The lowest BCUT2D eigenvalue weighted by molar-refractivity contribution is -0.117. The molecule has 0 aliphatic carbocycles. The first-order valence-electron chi connectivity index (χ1n) is 4.44. The molecule has 0 saturated carbocycles. The van der Waals surface area contributed by atoms with Gasteiger partial charge in [0.15, 0.2) is 0 Å². The molecule has 4 heteroatoms. The number of hydrogen-bond acceptors (Lipinski definition) is 3. The van der Waals surface area contributed by atoms with Crippen molar-refractivity contribution in [1.29, 1.82) is 0 Å². The predicted molar refractivity (Wildman–Crippen MR) is 53.3 cm³/mol. The van der Waals surface area contributed by atoms with E-state index in [4.69, 9.17) is 10.5 Å². The lowest BCUT2D eigenvalue weighted by atomic mass is 9.99. The Morgan fingerprint density at radius 1 is 1.57 bits per heavy atom. The molecule has 0 radical (unpaired) electrons. The Hall–Kier alpha value is -1.55.